The molecule has 170 valence electrons. The van der Waals surface area contributed by atoms with Crippen molar-refractivity contribution in [3.8, 4) is 10.6 Å². The van der Waals surface area contributed by atoms with Crippen LogP contribution in [0.15, 0.2) is 48.0 Å². The molecule has 0 spiro atoms. The molecule has 0 radical (unpaired) electrons. The number of aromatic nitrogens is 3. The number of benzene rings is 1. The van der Waals surface area contributed by atoms with Crippen molar-refractivity contribution in [3.05, 3.63) is 59.4 Å². The molecule has 1 fully saturated rings. The molecule has 0 saturated carbocycles. The standard InChI is InChI=1S/C24H24FN5O2S/c1-15(2)30-23-18(14-26-30)17(13-20(28-23)22-4-3-11-33-22)24(31)27-16-5-6-21(19(25)12-16)29-7-9-32-10-8-29/h3-6,11-15H,7-10H2,1-2H3,(H,27,31). The lowest BCUT2D eigenvalue weighted by molar-refractivity contribution is 0.102. The van der Waals surface area contributed by atoms with Crippen LogP contribution in [0.25, 0.3) is 21.6 Å². The summed E-state index contributed by atoms with van der Waals surface area (Å²) in [5, 5.41) is 9.93. The number of carbonyl (C=O) groups excluding carboxylic acids is 1. The Bertz CT molecular complexity index is 1300. The number of amides is 1. The third kappa shape index (κ3) is 4.21. The van der Waals surface area contributed by atoms with Crippen molar-refractivity contribution in [2.45, 2.75) is 19.9 Å². The summed E-state index contributed by atoms with van der Waals surface area (Å²) >= 11 is 1.56. The summed E-state index contributed by atoms with van der Waals surface area (Å²) < 4.78 is 22.0. The highest BCUT2D eigenvalue weighted by Crippen LogP contribution is 2.30. The number of rotatable bonds is 5. The van der Waals surface area contributed by atoms with Gasteiger partial charge < -0.3 is 15.0 Å². The number of thiophene rings is 1. The molecular weight excluding hydrogens is 441 g/mol. The lowest BCUT2D eigenvalue weighted by Gasteiger charge is -2.29. The average molecular weight is 466 g/mol. The molecule has 4 aromatic rings. The summed E-state index contributed by atoms with van der Waals surface area (Å²) in [6.07, 6.45) is 1.66. The molecule has 0 unspecified atom stereocenters. The second kappa shape index (κ2) is 8.92. The van der Waals surface area contributed by atoms with E-state index in [-0.39, 0.29) is 17.8 Å². The Morgan fingerprint density at radius 2 is 2.03 bits per heavy atom. The number of anilines is 2. The van der Waals surface area contributed by atoms with Crippen molar-refractivity contribution in [3.63, 3.8) is 0 Å². The number of nitrogens with zero attached hydrogens (tertiary/aromatic N) is 4. The van der Waals surface area contributed by atoms with Gasteiger partial charge in [0.15, 0.2) is 5.65 Å². The molecule has 9 heteroatoms. The van der Waals surface area contributed by atoms with E-state index < -0.39 is 0 Å². The maximum Gasteiger partial charge on any atom is 0.256 e. The van der Waals surface area contributed by atoms with Gasteiger partial charge in [0.25, 0.3) is 5.91 Å². The van der Waals surface area contributed by atoms with Crippen molar-refractivity contribution in [2.75, 3.05) is 36.5 Å². The van der Waals surface area contributed by atoms with Gasteiger partial charge in [0, 0.05) is 24.8 Å². The number of hydrogen-bond donors (Lipinski definition) is 1. The van der Waals surface area contributed by atoms with Crippen LogP contribution in [0.2, 0.25) is 0 Å². The summed E-state index contributed by atoms with van der Waals surface area (Å²) in [5.41, 5.74) is 2.72. The van der Waals surface area contributed by atoms with Gasteiger partial charge in [-0.05, 0) is 49.6 Å². The highest BCUT2D eigenvalue weighted by molar-refractivity contribution is 7.13. The van der Waals surface area contributed by atoms with E-state index in [2.05, 4.69) is 10.4 Å². The van der Waals surface area contributed by atoms with Crippen LogP contribution in [0.3, 0.4) is 0 Å². The number of carbonyl (C=O) groups is 1. The number of halogens is 1. The zero-order valence-corrected chi connectivity index (χ0v) is 19.2. The van der Waals surface area contributed by atoms with Crippen LogP contribution in [-0.4, -0.2) is 47.0 Å². The molecule has 1 aliphatic heterocycles. The summed E-state index contributed by atoms with van der Waals surface area (Å²) in [4.78, 5) is 21.0. The van der Waals surface area contributed by atoms with Crippen molar-refractivity contribution in [2.24, 2.45) is 0 Å². The van der Waals surface area contributed by atoms with Crippen molar-refractivity contribution in [1.29, 1.82) is 0 Å². The van der Waals surface area contributed by atoms with E-state index in [1.54, 1.807) is 40.4 Å². The Hall–Kier alpha value is -3.30. The molecule has 3 aromatic heterocycles. The number of fused-ring (bicyclic) bond motifs is 1. The first-order chi connectivity index (χ1) is 16.0. The van der Waals surface area contributed by atoms with Crippen LogP contribution < -0.4 is 10.2 Å². The molecule has 7 nitrogen and oxygen atoms in total. The average Bonchev–Trinajstić information content (AvgIpc) is 3.49. The van der Waals surface area contributed by atoms with Crippen LogP contribution >= 0.6 is 11.3 Å². The summed E-state index contributed by atoms with van der Waals surface area (Å²) in [6, 6.07) is 10.6. The van der Waals surface area contributed by atoms with E-state index in [1.165, 1.54) is 6.07 Å². The number of pyridine rings is 1. The third-order valence-corrected chi connectivity index (χ3v) is 6.52. The molecule has 4 heterocycles. The first kappa shape index (κ1) is 21.5. The van der Waals surface area contributed by atoms with Gasteiger partial charge in [-0.1, -0.05) is 6.07 Å². The van der Waals surface area contributed by atoms with Gasteiger partial charge in [0.2, 0.25) is 0 Å². The van der Waals surface area contributed by atoms with Gasteiger partial charge in [0.1, 0.15) is 5.82 Å². The van der Waals surface area contributed by atoms with Crippen LogP contribution in [-0.2, 0) is 4.74 Å². The van der Waals surface area contributed by atoms with E-state index in [1.807, 2.05) is 36.3 Å². The Balaban J connectivity index is 1.48. The Morgan fingerprint density at radius 1 is 1.21 bits per heavy atom. The maximum absolute atomic E-state index is 14.8. The first-order valence-electron chi connectivity index (χ1n) is 10.9. The van der Waals surface area contributed by atoms with E-state index >= 15 is 0 Å². The second-order valence-corrected chi connectivity index (χ2v) is 9.12. The first-order valence-corrected chi connectivity index (χ1v) is 11.7. The lowest BCUT2D eigenvalue weighted by Crippen LogP contribution is -2.36. The quantitative estimate of drug-likeness (QED) is 0.451. The normalized spacial score (nSPS) is 14.2. The molecule has 1 aliphatic rings. The van der Waals surface area contributed by atoms with E-state index in [9.17, 15) is 9.18 Å². The van der Waals surface area contributed by atoms with Crippen LogP contribution in [0, 0.1) is 5.82 Å². The largest absolute Gasteiger partial charge is 0.378 e. The van der Waals surface area contributed by atoms with E-state index in [0.29, 0.717) is 60.0 Å². The monoisotopic (exact) mass is 465 g/mol. The molecular formula is C24H24FN5O2S. The summed E-state index contributed by atoms with van der Waals surface area (Å²) in [7, 11) is 0. The maximum atomic E-state index is 14.8. The highest BCUT2D eigenvalue weighted by atomic mass is 32.1. The predicted molar refractivity (Wildman–Crippen MR) is 129 cm³/mol. The Labute approximate surface area is 194 Å². The number of ether oxygens (including phenoxy) is 1. The van der Waals surface area contributed by atoms with Crippen LogP contribution in [0.5, 0.6) is 0 Å². The fourth-order valence-electron chi connectivity index (χ4n) is 3.98. The summed E-state index contributed by atoms with van der Waals surface area (Å²) in [5.74, 6) is -0.705. The van der Waals surface area contributed by atoms with Crippen molar-refractivity contribution >= 4 is 39.7 Å². The van der Waals surface area contributed by atoms with Gasteiger partial charge >= 0.3 is 0 Å². The topological polar surface area (TPSA) is 72.3 Å². The molecule has 1 N–H and O–H groups in total. The van der Waals surface area contributed by atoms with Crippen molar-refractivity contribution in [1.82, 2.24) is 14.8 Å². The number of hydrogen-bond acceptors (Lipinski definition) is 6. The molecule has 1 amide bonds. The highest BCUT2D eigenvalue weighted by Gasteiger charge is 2.20. The summed E-state index contributed by atoms with van der Waals surface area (Å²) in [6.45, 7) is 6.47. The Morgan fingerprint density at radius 3 is 2.73 bits per heavy atom. The smallest absolute Gasteiger partial charge is 0.256 e. The fourth-order valence-corrected chi connectivity index (χ4v) is 4.66. The van der Waals surface area contributed by atoms with Crippen molar-refractivity contribution < 1.29 is 13.9 Å². The molecule has 0 bridgehead atoms. The fraction of sp³-hybridized carbons (Fsp3) is 0.292. The van der Waals surface area contributed by atoms with E-state index in [4.69, 9.17) is 9.72 Å². The SMILES string of the molecule is CC(C)n1ncc2c(C(=O)Nc3ccc(N4CCOCC4)c(F)c3)cc(-c3cccs3)nc21. The number of morpholine rings is 1. The number of nitrogens with one attached hydrogen (secondary N) is 1. The zero-order valence-electron chi connectivity index (χ0n) is 18.4. The van der Waals surface area contributed by atoms with Gasteiger partial charge in [0.05, 0.1) is 46.6 Å². The van der Waals surface area contributed by atoms with Gasteiger partial charge in [-0.2, -0.15) is 5.10 Å². The molecule has 33 heavy (non-hydrogen) atoms. The molecule has 5 rings (SSSR count). The Kier molecular flexibility index (Phi) is 5.82. The second-order valence-electron chi connectivity index (χ2n) is 8.17. The molecule has 0 aliphatic carbocycles. The molecule has 1 aromatic carbocycles. The minimum absolute atomic E-state index is 0.0892. The minimum atomic E-state index is -0.374. The lowest BCUT2D eigenvalue weighted by atomic mass is 10.1. The predicted octanol–water partition coefficient (Wildman–Crippen LogP) is 4.97. The van der Waals surface area contributed by atoms with Crippen LogP contribution in [0.1, 0.15) is 30.2 Å². The van der Waals surface area contributed by atoms with Gasteiger partial charge in [-0.15, -0.1) is 11.3 Å². The molecule has 0 atom stereocenters. The van der Waals surface area contributed by atoms with Gasteiger partial charge in [-0.25, -0.2) is 14.1 Å². The zero-order chi connectivity index (χ0) is 22.9. The third-order valence-electron chi connectivity index (χ3n) is 5.63. The van der Waals surface area contributed by atoms with Gasteiger partial charge in [-0.3, -0.25) is 4.79 Å². The van der Waals surface area contributed by atoms with Crippen LogP contribution in [0.4, 0.5) is 15.8 Å². The van der Waals surface area contributed by atoms with E-state index in [0.717, 1.165) is 4.88 Å². The molecule has 1 saturated heterocycles. The minimum Gasteiger partial charge on any atom is -0.378 e.